The molecule has 1 saturated carbocycles. The molecular weight excluding hydrogens is 353 g/mol. The molecule has 1 amide bonds. The van der Waals surface area contributed by atoms with Crippen LogP contribution in [-0.4, -0.2) is 31.9 Å². The number of hydrogen-bond donors (Lipinski definition) is 2. The SMILES string of the molecule is CC(Sc1n[nH]c(-c2ccccc2F)n1)C(=O)NC1(C#N)CCCCC1. The molecule has 1 aromatic heterocycles. The molecule has 1 aromatic carbocycles. The molecular formula is C18H20FN5OS. The van der Waals surface area contributed by atoms with Gasteiger partial charge in [0.15, 0.2) is 5.82 Å². The lowest BCUT2D eigenvalue weighted by atomic mass is 9.83. The number of aromatic nitrogens is 3. The zero-order valence-corrected chi connectivity index (χ0v) is 15.3. The first kappa shape index (κ1) is 18.4. The van der Waals surface area contributed by atoms with Gasteiger partial charge in [0.2, 0.25) is 11.1 Å². The molecule has 6 nitrogen and oxygen atoms in total. The summed E-state index contributed by atoms with van der Waals surface area (Å²) in [5.74, 6) is -0.283. The quantitative estimate of drug-likeness (QED) is 0.783. The molecule has 26 heavy (non-hydrogen) atoms. The summed E-state index contributed by atoms with van der Waals surface area (Å²) in [5, 5.41) is 19.0. The lowest BCUT2D eigenvalue weighted by molar-refractivity contribution is -0.121. The third kappa shape index (κ3) is 4.05. The third-order valence-electron chi connectivity index (χ3n) is 4.53. The van der Waals surface area contributed by atoms with Gasteiger partial charge >= 0.3 is 0 Å². The number of thioether (sulfide) groups is 1. The number of nitriles is 1. The summed E-state index contributed by atoms with van der Waals surface area (Å²) in [7, 11) is 0. The fourth-order valence-electron chi connectivity index (χ4n) is 3.04. The Morgan fingerprint density at radius 2 is 2.12 bits per heavy atom. The Labute approximate surface area is 155 Å². The molecule has 1 aliphatic rings. The highest BCUT2D eigenvalue weighted by atomic mass is 32.2. The largest absolute Gasteiger partial charge is 0.337 e. The first-order chi connectivity index (χ1) is 12.5. The van der Waals surface area contributed by atoms with Crippen molar-refractivity contribution in [2.24, 2.45) is 0 Å². The van der Waals surface area contributed by atoms with Crippen LogP contribution in [0.3, 0.4) is 0 Å². The number of nitrogens with zero attached hydrogens (tertiary/aromatic N) is 3. The molecule has 1 unspecified atom stereocenters. The molecule has 0 spiro atoms. The van der Waals surface area contributed by atoms with E-state index in [0.717, 1.165) is 19.3 Å². The summed E-state index contributed by atoms with van der Waals surface area (Å²) < 4.78 is 13.8. The second-order valence-electron chi connectivity index (χ2n) is 6.45. The fraction of sp³-hybridized carbons (Fsp3) is 0.444. The Hall–Kier alpha value is -2.40. The van der Waals surface area contributed by atoms with Crippen LogP contribution in [0.5, 0.6) is 0 Å². The maximum Gasteiger partial charge on any atom is 0.234 e. The van der Waals surface area contributed by atoms with Gasteiger partial charge in [-0.15, -0.1) is 5.10 Å². The van der Waals surface area contributed by atoms with Crippen molar-refractivity contribution in [1.29, 1.82) is 5.26 Å². The molecule has 0 aliphatic heterocycles. The van der Waals surface area contributed by atoms with Crippen LogP contribution in [0.1, 0.15) is 39.0 Å². The second kappa shape index (κ2) is 7.87. The summed E-state index contributed by atoms with van der Waals surface area (Å²) in [6, 6.07) is 8.57. The molecule has 2 N–H and O–H groups in total. The maximum atomic E-state index is 13.8. The van der Waals surface area contributed by atoms with Crippen molar-refractivity contribution >= 4 is 17.7 Å². The Morgan fingerprint density at radius 3 is 2.81 bits per heavy atom. The zero-order valence-electron chi connectivity index (χ0n) is 14.5. The van der Waals surface area contributed by atoms with Crippen molar-refractivity contribution in [3.8, 4) is 17.5 Å². The highest BCUT2D eigenvalue weighted by Gasteiger charge is 2.35. The molecule has 0 saturated heterocycles. The Balaban J connectivity index is 1.65. The molecule has 1 heterocycles. The van der Waals surface area contributed by atoms with Gasteiger partial charge in [0, 0.05) is 0 Å². The zero-order chi connectivity index (χ0) is 18.6. The van der Waals surface area contributed by atoms with E-state index < -0.39 is 10.8 Å². The predicted octanol–water partition coefficient (Wildman–Crippen LogP) is 3.43. The monoisotopic (exact) mass is 373 g/mol. The summed E-state index contributed by atoms with van der Waals surface area (Å²) in [6.07, 6.45) is 4.36. The molecule has 1 fully saturated rings. The van der Waals surface area contributed by atoms with Gasteiger partial charge in [0.1, 0.15) is 11.4 Å². The minimum atomic E-state index is -0.762. The van der Waals surface area contributed by atoms with Gasteiger partial charge in [-0.1, -0.05) is 43.2 Å². The first-order valence-corrected chi connectivity index (χ1v) is 9.48. The summed E-state index contributed by atoms with van der Waals surface area (Å²) in [4.78, 5) is 16.8. The number of nitrogens with one attached hydrogen (secondary N) is 2. The van der Waals surface area contributed by atoms with Gasteiger partial charge in [-0.25, -0.2) is 9.37 Å². The standard InChI is InChI=1S/C18H20FN5OS/c1-12(16(25)22-18(11-20)9-5-2-6-10-18)26-17-21-15(23-24-17)13-7-3-4-8-14(13)19/h3-4,7-8,12H,2,5-6,9-10H2,1H3,(H,22,25)(H,21,23,24). The van der Waals surface area contributed by atoms with E-state index >= 15 is 0 Å². The molecule has 1 aliphatic carbocycles. The molecule has 0 bridgehead atoms. The maximum absolute atomic E-state index is 13.8. The molecule has 1 atom stereocenters. The number of halogens is 1. The van der Waals surface area contributed by atoms with Crippen LogP contribution in [0.2, 0.25) is 0 Å². The number of carbonyl (C=O) groups excluding carboxylic acids is 1. The molecule has 2 aromatic rings. The minimum absolute atomic E-state index is 0.212. The molecule has 8 heteroatoms. The number of hydrogen-bond acceptors (Lipinski definition) is 5. The predicted molar refractivity (Wildman–Crippen MR) is 96.7 cm³/mol. The smallest absolute Gasteiger partial charge is 0.234 e. The van der Waals surface area contributed by atoms with Gasteiger partial charge in [0.05, 0.1) is 16.9 Å². The molecule has 3 rings (SSSR count). The van der Waals surface area contributed by atoms with Crippen LogP contribution in [0.25, 0.3) is 11.4 Å². The van der Waals surface area contributed by atoms with Crippen LogP contribution in [0, 0.1) is 17.1 Å². The van der Waals surface area contributed by atoms with Gasteiger partial charge in [0.25, 0.3) is 0 Å². The number of rotatable bonds is 5. The van der Waals surface area contributed by atoms with Crippen LogP contribution in [-0.2, 0) is 4.79 Å². The number of H-pyrrole nitrogens is 1. The Bertz CT molecular complexity index is 825. The number of aromatic amines is 1. The van der Waals surface area contributed by atoms with Crippen LogP contribution in [0.4, 0.5) is 4.39 Å². The van der Waals surface area contributed by atoms with Crippen LogP contribution >= 0.6 is 11.8 Å². The van der Waals surface area contributed by atoms with Gasteiger partial charge in [-0.3, -0.25) is 9.89 Å². The van der Waals surface area contributed by atoms with E-state index in [0.29, 0.717) is 29.4 Å². The van der Waals surface area contributed by atoms with Gasteiger partial charge < -0.3 is 5.32 Å². The summed E-state index contributed by atoms with van der Waals surface area (Å²) >= 11 is 1.17. The van der Waals surface area contributed by atoms with Crippen molar-refractivity contribution in [1.82, 2.24) is 20.5 Å². The highest BCUT2D eigenvalue weighted by Crippen LogP contribution is 2.29. The van der Waals surface area contributed by atoms with Gasteiger partial charge in [-0.2, -0.15) is 5.26 Å². The van der Waals surface area contributed by atoms with Crippen molar-refractivity contribution < 1.29 is 9.18 Å². The second-order valence-corrected chi connectivity index (χ2v) is 7.76. The Morgan fingerprint density at radius 1 is 1.38 bits per heavy atom. The highest BCUT2D eigenvalue weighted by molar-refractivity contribution is 8.00. The molecule has 0 radical (unpaired) electrons. The lowest BCUT2D eigenvalue weighted by Crippen LogP contribution is -2.50. The van der Waals surface area contributed by atoms with E-state index in [1.54, 1.807) is 25.1 Å². The van der Waals surface area contributed by atoms with E-state index in [9.17, 15) is 14.4 Å². The summed E-state index contributed by atoms with van der Waals surface area (Å²) in [5.41, 5.74) is -0.434. The van der Waals surface area contributed by atoms with Crippen molar-refractivity contribution in [3.05, 3.63) is 30.1 Å². The van der Waals surface area contributed by atoms with Crippen LogP contribution in [0.15, 0.2) is 29.4 Å². The average molecular weight is 373 g/mol. The topological polar surface area (TPSA) is 94.5 Å². The minimum Gasteiger partial charge on any atom is -0.337 e. The summed E-state index contributed by atoms with van der Waals surface area (Å²) in [6.45, 7) is 1.74. The van der Waals surface area contributed by atoms with E-state index in [2.05, 4.69) is 26.6 Å². The van der Waals surface area contributed by atoms with Crippen molar-refractivity contribution in [2.45, 2.75) is 55.0 Å². The third-order valence-corrected chi connectivity index (χ3v) is 5.49. The normalized spacial score (nSPS) is 17.3. The lowest BCUT2D eigenvalue weighted by Gasteiger charge is -2.32. The van der Waals surface area contributed by atoms with E-state index in [1.165, 1.54) is 17.8 Å². The Kier molecular flexibility index (Phi) is 5.57. The van der Waals surface area contributed by atoms with Crippen molar-refractivity contribution in [3.63, 3.8) is 0 Å². The van der Waals surface area contributed by atoms with E-state index in [4.69, 9.17) is 0 Å². The number of benzene rings is 1. The number of carbonyl (C=O) groups is 1. The molecule has 136 valence electrons. The van der Waals surface area contributed by atoms with E-state index in [1.807, 2.05) is 0 Å². The average Bonchev–Trinajstić information content (AvgIpc) is 3.11. The van der Waals surface area contributed by atoms with Crippen molar-refractivity contribution in [2.75, 3.05) is 0 Å². The first-order valence-electron chi connectivity index (χ1n) is 8.60. The van der Waals surface area contributed by atoms with Crippen LogP contribution < -0.4 is 5.32 Å². The van der Waals surface area contributed by atoms with E-state index in [-0.39, 0.29) is 11.7 Å². The number of amides is 1. The fourth-order valence-corrected chi connectivity index (χ4v) is 3.77. The van der Waals surface area contributed by atoms with Gasteiger partial charge in [-0.05, 0) is 31.9 Å².